The normalized spacial score (nSPS) is 12.2. The topological polar surface area (TPSA) is 48.1 Å². The minimum absolute atomic E-state index is 0.146. The highest BCUT2D eigenvalue weighted by Crippen LogP contribution is 2.22. The monoisotopic (exact) mass is 270 g/mol. The van der Waals surface area contributed by atoms with Gasteiger partial charge < -0.3 is 10.5 Å². The standard InChI is InChI=1S/C17H22N2O/c1-3-4-9-20-16-7-5-14(6-8-16)17(18)15-10-13(2)11-19-12-15/h5-8,10-12,17H,3-4,9,18H2,1-2H3. The molecule has 0 amide bonds. The van der Waals surface area contributed by atoms with Crippen LogP contribution in [0.3, 0.4) is 0 Å². The van der Waals surface area contributed by atoms with E-state index in [1.54, 1.807) is 0 Å². The first-order chi connectivity index (χ1) is 9.70. The van der Waals surface area contributed by atoms with E-state index in [1.165, 1.54) is 0 Å². The summed E-state index contributed by atoms with van der Waals surface area (Å²) >= 11 is 0. The fraction of sp³-hybridized carbons (Fsp3) is 0.353. The molecule has 2 aromatic rings. The number of aromatic nitrogens is 1. The number of unbranched alkanes of at least 4 members (excludes halogenated alkanes) is 1. The highest BCUT2D eigenvalue weighted by molar-refractivity contribution is 5.35. The molecule has 106 valence electrons. The minimum atomic E-state index is -0.146. The van der Waals surface area contributed by atoms with E-state index in [1.807, 2.05) is 43.6 Å². The first kappa shape index (κ1) is 14.5. The Morgan fingerprint density at radius 3 is 2.55 bits per heavy atom. The average Bonchev–Trinajstić information content (AvgIpc) is 2.47. The van der Waals surface area contributed by atoms with E-state index >= 15 is 0 Å². The fourth-order valence-corrected chi connectivity index (χ4v) is 2.05. The average molecular weight is 270 g/mol. The molecule has 1 aromatic heterocycles. The zero-order valence-corrected chi connectivity index (χ0v) is 12.2. The van der Waals surface area contributed by atoms with Gasteiger partial charge in [-0.05, 0) is 42.2 Å². The lowest BCUT2D eigenvalue weighted by molar-refractivity contribution is 0.309. The van der Waals surface area contributed by atoms with Gasteiger partial charge in [-0.15, -0.1) is 0 Å². The highest BCUT2D eigenvalue weighted by Gasteiger charge is 2.09. The molecule has 2 N–H and O–H groups in total. The maximum Gasteiger partial charge on any atom is 0.119 e. The molecule has 0 aliphatic rings. The molecule has 1 aromatic carbocycles. The molecule has 3 heteroatoms. The Bertz CT molecular complexity index is 537. The van der Waals surface area contributed by atoms with Crippen molar-refractivity contribution in [2.45, 2.75) is 32.7 Å². The number of nitrogens with two attached hydrogens (primary N) is 1. The number of hydrogen-bond donors (Lipinski definition) is 1. The van der Waals surface area contributed by atoms with Gasteiger partial charge in [-0.2, -0.15) is 0 Å². The van der Waals surface area contributed by atoms with Crippen LogP contribution in [-0.4, -0.2) is 11.6 Å². The Labute approximate surface area is 120 Å². The van der Waals surface area contributed by atoms with E-state index < -0.39 is 0 Å². The van der Waals surface area contributed by atoms with E-state index in [4.69, 9.17) is 10.5 Å². The van der Waals surface area contributed by atoms with E-state index in [9.17, 15) is 0 Å². The Balaban J connectivity index is 2.05. The van der Waals surface area contributed by atoms with Crippen LogP contribution >= 0.6 is 0 Å². The molecule has 20 heavy (non-hydrogen) atoms. The molecule has 0 fully saturated rings. The lowest BCUT2D eigenvalue weighted by Crippen LogP contribution is -2.12. The number of aryl methyl sites for hydroxylation is 1. The summed E-state index contributed by atoms with van der Waals surface area (Å²) in [6, 6.07) is 9.93. The van der Waals surface area contributed by atoms with E-state index in [-0.39, 0.29) is 6.04 Å². The third-order valence-corrected chi connectivity index (χ3v) is 3.26. The van der Waals surface area contributed by atoms with Crippen LogP contribution in [0.2, 0.25) is 0 Å². The van der Waals surface area contributed by atoms with Gasteiger partial charge in [0.05, 0.1) is 12.6 Å². The Kier molecular flexibility index (Phi) is 5.13. The van der Waals surface area contributed by atoms with Crippen LogP contribution in [0, 0.1) is 6.92 Å². The van der Waals surface area contributed by atoms with Gasteiger partial charge >= 0.3 is 0 Å². The molecular weight excluding hydrogens is 248 g/mol. The van der Waals surface area contributed by atoms with Gasteiger partial charge in [0.1, 0.15) is 5.75 Å². The maximum atomic E-state index is 6.28. The number of benzene rings is 1. The second-order valence-corrected chi connectivity index (χ2v) is 5.04. The summed E-state index contributed by atoms with van der Waals surface area (Å²) in [4.78, 5) is 4.19. The summed E-state index contributed by atoms with van der Waals surface area (Å²) in [6.07, 6.45) is 5.88. The first-order valence-electron chi connectivity index (χ1n) is 7.10. The zero-order valence-electron chi connectivity index (χ0n) is 12.2. The highest BCUT2D eigenvalue weighted by atomic mass is 16.5. The summed E-state index contributed by atoms with van der Waals surface area (Å²) < 4.78 is 5.65. The maximum absolute atomic E-state index is 6.28. The van der Waals surface area contributed by atoms with Crippen molar-refractivity contribution in [1.82, 2.24) is 4.98 Å². The summed E-state index contributed by atoms with van der Waals surface area (Å²) in [5, 5.41) is 0. The predicted octanol–water partition coefficient (Wildman–Crippen LogP) is 3.62. The smallest absolute Gasteiger partial charge is 0.119 e. The molecule has 0 aliphatic carbocycles. The van der Waals surface area contributed by atoms with Gasteiger partial charge in [0.25, 0.3) is 0 Å². The molecule has 0 saturated carbocycles. The third kappa shape index (κ3) is 3.81. The van der Waals surface area contributed by atoms with Crippen molar-refractivity contribution < 1.29 is 4.74 Å². The quantitative estimate of drug-likeness (QED) is 0.816. The lowest BCUT2D eigenvalue weighted by Gasteiger charge is -2.13. The number of nitrogens with zero attached hydrogens (tertiary/aromatic N) is 1. The molecule has 0 radical (unpaired) electrons. The fourth-order valence-electron chi connectivity index (χ4n) is 2.05. The first-order valence-corrected chi connectivity index (χ1v) is 7.10. The van der Waals surface area contributed by atoms with Crippen molar-refractivity contribution in [2.24, 2.45) is 5.73 Å². The van der Waals surface area contributed by atoms with Crippen molar-refractivity contribution in [3.8, 4) is 5.75 Å². The second-order valence-electron chi connectivity index (χ2n) is 5.04. The molecule has 0 bridgehead atoms. The van der Waals surface area contributed by atoms with Gasteiger partial charge in [-0.25, -0.2) is 0 Å². The van der Waals surface area contributed by atoms with E-state index in [0.717, 1.165) is 41.9 Å². The van der Waals surface area contributed by atoms with Gasteiger partial charge in [-0.3, -0.25) is 4.98 Å². The number of hydrogen-bond acceptors (Lipinski definition) is 3. The number of ether oxygens (including phenoxy) is 1. The number of pyridine rings is 1. The molecule has 1 heterocycles. The molecule has 2 rings (SSSR count). The lowest BCUT2D eigenvalue weighted by atomic mass is 10.0. The summed E-state index contributed by atoms with van der Waals surface area (Å²) in [5.74, 6) is 0.900. The van der Waals surface area contributed by atoms with Crippen LogP contribution in [0.15, 0.2) is 42.7 Å². The second kappa shape index (κ2) is 7.06. The molecular formula is C17H22N2O. The molecule has 3 nitrogen and oxygen atoms in total. The Morgan fingerprint density at radius 1 is 1.15 bits per heavy atom. The zero-order chi connectivity index (χ0) is 14.4. The van der Waals surface area contributed by atoms with E-state index in [0.29, 0.717) is 0 Å². The van der Waals surface area contributed by atoms with Crippen LogP contribution in [0.25, 0.3) is 0 Å². The Morgan fingerprint density at radius 2 is 1.90 bits per heavy atom. The van der Waals surface area contributed by atoms with Crippen molar-refractivity contribution in [2.75, 3.05) is 6.61 Å². The van der Waals surface area contributed by atoms with Gasteiger partial charge in [-0.1, -0.05) is 31.5 Å². The van der Waals surface area contributed by atoms with Crippen molar-refractivity contribution in [3.05, 3.63) is 59.4 Å². The van der Waals surface area contributed by atoms with Gasteiger partial charge in [0, 0.05) is 12.4 Å². The Hall–Kier alpha value is -1.87. The molecule has 1 unspecified atom stereocenters. The summed E-state index contributed by atoms with van der Waals surface area (Å²) in [7, 11) is 0. The summed E-state index contributed by atoms with van der Waals surface area (Å²) in [5.41, 5.74) is 9.50. The summed E-state index contributed by atoms with van der Waals surface area (Å²) in [6.45, 7) is 4.94. The van der Waals surface area contributed by atoms with Crippen molar-refractivity contribution >= 4 is 0 Å². The number of rotatable bonds is 6. The third-order valence-electron chi connectivity index (χ3n) is 3.26. The largest absolute Gasteiger partial charge is 0.494 e. The molecule has 0 saturated heterocycles. The molecule has 0 aliphatic heterocycles. The molecule has 0 spiro atoms. The molecule has 1 atom stereocenters. The van der Waals surface area contributed by atoms with Crippen LogP contribution in [0.4, 0.5) is 0 Å². The SMILES string of the molecule is CCCCOc1ccc(C(N)c2cncc(C)c2)cc1. The van der Waals surface area contributed by atoms with Crippen molar-refractivity contribution in [1.29, 1.82) is 0 Å². The van der Waals surface area contributed by atoms with Gasteiger partial charge in [0.2, 0.25) is 0 Å². The van der Waals surface area contributed by atoms with Crippen LogP contribution in [0.5, 0.6) is 5.75 Å². The van der Waals surface area contributed by atoms with Crippen LogP contribution < -0.4 is 10.5 Å². The van der Waals surface area contributed by atoms with Crippen LogP contribution in [0.1, 0.15) is 42.5 Å². The van der Waals surface area contributed by atoms with Crippen molar-refractivity contribution in [3.63, 3.8) is 0 Å². The van der Waals surface area contributed by atoms with Gasteiger partial charge in [0.15, 0.2) is 0 Å². The predicted molar refractivity (Wildman–Crippen MR) is 81.8 cm³/mol. The van der Waals surface area contributed by atoms with Crippen LogP contribution in [-0.2, 0) is 0 Å². The minimum Gasteiger partial charge on any atom is -0.494 e. The van der Waals surface area contributed by atoms with E-state index in [2.05, 4.69) is 18.0 Å².